The zero-order valence-corrected chi connectivity index (χ0v) is 15.7. The number of piperidine rings is 1. The number of hydrogen-bond donors (Lipinski definition) is 0. The van der Waals surface area contributed by atoms with Gasteiger partial charge in [-0.3, -0.25) is 4.79 Å². The number of amides is 1. The standard InChI is InChI=1S/C17H26N4O3S/c1-3-21(14-6-8-25(23,24)12-14)17(22)15-9-19-16(10-18-15)20-7-4-5-13(2)11-20/h9-10,13-14H,3-8,11-12H2,1-2H3. The molecule has 1 aromatic rings. The molecule has 0 N–H and O–H groups in total. The minimum Gasteiger partial charge on any atom is -0.355 e. The number of hydrogen-bond acceptors (Lipinski definition) is 6. The van der Waals surface area contributed by atoms with Crippen molar-refractivity contribution in [1.82, 2.24) is 14.9 Å². The van der Waals surface area contributed by atoms with E-state index in [-0.39, 0.29) is 29.1 Å². The number of sulfone groups is 1. The van der Waals surface area contributed by atoms with Gasteiger partial charge in [-0.2, -0.15) is 0 Å². The zero-order chi connectivity index (χ0) is 18.0. The Kier molecular flexibility index (Phi) is 5.27. The summed E-state index contributed by atoms with van der Waals surface area (Å²) in [5.74, 6) is 1.39. The van der Waals surface area contributed by atoms with Crippen LogP contribution >= 0.6 is 0 Å². The lowest BCUT2D eigenvalue weighted by Crippen LogP contribution is -2.41. The summed E-state index contributed by atoms with van der Waals surface area (Å²) in [6.07, 6.45) is 6.05. The van der Waals surface area contributed by atoms with Gasteiger partial charge in [0.05, 0.1) is 23.9 Å². The number of carbonyl (C=O) groups excluding carboxylic acids is 1. The number of nitrogens with zero attached hydrogens (tertiary/aromatic N) is 4. The van der Waals surface area contributed by atoms with Crippen LogP contribution in [0.3, 0.4) is 0 Å². The molecule has 25 heavy (non-hydrogen) atoms. The zero-order valence-electron chi connectivity index (χ0n) is 14.9. The van der Waals surface area contributed by atoms with Gasteiger partial charge >= 0.3 is 0 Å². The quantitative estimate of drug-likeness (QED) is 0.800. The minimum absolute atomic E-state index is 0.0454. The van der Waals surface area contributed by atoms with Gasteiger partial charge in [-0.15, -0.1) is 0 Å². The van der Waals surface area contributed by atoms with Crippen molar-refractivity contribution in [2.45, 2.75) is 39.2 Å². The topological polar surface area (TPSA) is 83.5 Å². The van der Waals surface area contributed by atoms with Crippen molar-refractivity contribution in [3.8, 4) is 0 Å². The maximum Gasteiger partial charge on any atom is 0.274 e. The largest absolute Gasteiger partial charge is 0.355 e. The van der Waals surface area contributed by atoms with Gasteiger partial charge in [0.15, 0.2) is 9.84 Å². The van der Waals surface area contributed by atoms with E-state index in [2.05, 4.69) is 21.8 Å². The van der Waals surface area contributed by atoms with Gasteiger partial charge < -0.3 is 9.80 Å². The molecular formula is C17H26N4O3S. The van der Waals surface area contributed by atoms with Crippen LogP contribution in [0, 0.1) is 5.92 Å². The Morgan fingerprint density at radius 3 is 2.68 bits per heavy atom. The fourth-order valence-electron chi connectivity index (χ4n) is 3.73. The molecule has 0 aromatic carbocycles. The highest BCUT2D eigenvalue weighted by Crippen LogP contribution is 2.22. The Morgan fingerprint density at radius 1 is 1.32 bits per heavy atom. The summed E-state index contributed by atoms with van der Waals surface area (Å²) in [6.45, 7) is 6.48. The fourth-order valence-corrected chi connectivity index (χ4v) is 5.46. The maximum absolute atomic E-state index is 12.7. The summed E-state index contributed by atoms with van der Waals surface area (Å²) >= 11 is 0. The number of rotatable bonds is 4. The highest BCUT2D eigenvalue weighted by Gasteiger charge is 2.34. The van der Waals surface area contributed by atoms with Crippen LogP contribution < -0.4 is 4.90 Å². The Morgan fingerprint density at radius 2 is 2.12 bits per heavy atom. The van der Waals surface area contributed by atoms with E-state index in [9.17, 15) is 13.2 Å². The molecule has 138 valence electrons. The first kappa shape index (κ1) is 18.1. The third-order valence-electron chi connectivity index (χ3n) is 5.09. The van der Waals surface area contributed by atoms with Crippen LogP contribution in [-0.2, 0) is 9.84 Å². The van der Waals surface area contributed by atoms with Crippen LogP contribution in [-0.4, -0.2) is 66.4 Å². The van der Waals surface area contributed by atoms with E-state index >= 15 is 0 Å². The molecule has 7 nitrogen and oxygen atoms in total. The summed E-state index contributed by atoms with van der Waals surface area (Å²) < 4.78 is 23.4. The average Bonchev–Trinajstić information content (AvgIpc) is 2.95. The highest BCUT2D eigenvalue weighted by atomic mass is 32.2. The van der Waals surface area contributed by atoms with Gasteiger partial charge in [-0.1, -0.05) is 6.92 Å². The Hall–Kier alpha value is -1.70. The van der Waals surface area contributed by atoms with Crippen molar-refractivity contribution < 1.29 is 13.2 Å². The van der Waals surface area contributed by atoms with Crippen molar-refractivity contribution in [1.29, 1.82) is 0 Å². The molecule has 3 heterocycles. The average molecular weight is 366 g/mol. The SMILES string of the molecule is CCN(C(=O)c1cnc(N2CCCC(C)C2)cn1)C1CCS(=O)(=O)C1. The molecule has 0 aliphatic carbocycles. The second kappa shape index (κ2) is 7.27. The Balaban J connectivity index is 1.71. The molecule has 2 fully saturated rings. The second-order valence-corrected chi connectivity index (χ2v) is 9.33. The van der Waals surface area contributed by atoms with E-state index in [1.54, 1.807) is 11.1 Å². The molecule has 3 rings (SSSR count). The van der Waals surface area contributed by atoms with Gasteiger partial charge in [0.1, 0.15) is 11.5 Å². The first-order chi connectivity index (χ1) is 11.9. The summed E-state index contributed by atoms with van der Waals surface area (Å²) in [6, 6.07) is -0.257. The smallest absolute Gasteiger partial charge is 0.274 e. The van der Waals surface area contributed by atoms with E-state index < -0.39 is 9.84 Å². The van der Waals surface area contributed by atoms with Crippen LogP contribution in [0.1, 0.15) is 43.6 Å². The van der Waals surface area contributed by atoms with E-state index in [0.717, 1.165) is 25.3 Å². The van der Waals surface area contributed by atoms with Gasteiger partial charge in [0.2, 0.25) is 0 Å². The first-order valence-electron chi connectivity index (χ1n) is 8.98. The molecule has 2 atom stereocenters. The summed E-state index contributed by atoms with van der Waals surface area (Å²) in [5.41, 5.74) is 0.278. The summed E-state index contributed by atoms with van der Waals surface area (Å²) in [4.78, 5) is 25.3. The Bertz CT molecular complexity index is 720. The van der Waals surface area contributed by atoms with Crippen LogP contribution in [0.25, 0.3) is 0 Å². The molecule has 2 aliphatic rings. The van der Waals surface area contributed by atoms with Gasteiger partial charge in [0.25, 0.3) is 5.91 Å². The lowest BCUT2D eigenvalue weighted by Gasteiger charge is -2.31. The predicted molar refractivity (Wildman–Crippen MR) is 96.4 cm³/mol. The monoisotopic (exact) mass is 366 g/mol. The Labute approximate surface area is 149 Å². The number of carbonyl (C=O) groups is 1. The van der Waals surface area contributed by atoms with Crippen molar-refractivity contribution >= 4 is 21.6 Å². The van der Waals surface area contributed by atoms with Crippen LogP contribution in [0.2, 0.25) is 0 Å². The van der Waals surface area contributed by atoms with Gasteiger partial charge in [-0.05, 0) is 32.1 Å². The lowest BCUT2D eigenvalue weighted by atomic mass is 10.0. The van der Waals surface area contributed by atoms with E-state index in [4.69, 9.17) is 0 Å². The number of aromatic nitrogens is 2. The molecule has 2 saturated heterocycles. The maximum atomic E-state index is 12.7. The van der Waals surface area contributed by atoms with Crippen molar-refractivity contribution in [2.75, 3.05) is 36.0 Å². The normalized spacial score (nSPS) is 25.8. The molecule has 0 bridgehead atoms. The fraction of sp³-hybridized carbons (Fsp3) is 0.706. The second-order valence-electron chi connectivity index (χ2n) is 7.10. The van der Waals surface area contributed by atoms with Crippen molar-refractivity contribution in [3.63, 3.8) is 0 Å². The van der Waals surface area contributed by atoms with Crippen LogP contribution in [0.4, 0.5) is 5.82 Å². The molecular weight excluding hydrogens is 340 g/mol. The molecule has 1 amide bonds. The van der Waals surface area contributed by atoms with E-state index in [1.807, 2.05) is 6.92 Å². The molecule has 8 heteroatoms. The van der Waals surface area contributed by atoms with Crippen molar-refractivity contribution in [2.24, 2.45) is 5.92 Å². The third-order valence-corrected chi connectivity index (χ3v) is 6.84. The molecule has 2 unspecified atom stereocenters. The molecule has 1 aromatic heterocycles. The van der Waals surface area contributed by atoms with E-state index in [0.29, 0.717) is 18.9 Å². The molecule has 0 saturated carbocycles. The highest BCUT2D eigenvalue weighted by molar-refractivity contribution is 7.91. The van der Waals surface area contributed by atoms with E-state index in [1.165, 1.54) is 12.6 Å². The molecule has 0 spiro atoms. The van der Waals surface area contributed by atoms with Crippen molar-refractivity contribution in [3.05, 3.63) is 18.1 Å². The number of anilines is 1. The van der Waals surface area contributed by atoms with Gasteiger partial charge in [0, 0.05) is 25.7 Å². The third kappa shape index (κ3) is 4.11. The molecule has 2 aliphatic heterocycles. The predicted octanol–water partition coefficient (Wildman–Crippen LogP) is 1.36. The lowest BCUT2D eigenvalue weighted by molar-refractivity contribution is 0.0702. The minimum atomic E-state index is -3.03. The van der Waals surface area contributed by atoms with Gasteiger partial charge in [-0.25, -0.2) is 18.4 Å². The van der Waals surface area contributed by atoms with Crippen LogP contribution in [0.15, 0.2) is 12.4 Å². The van der Waals surface area contributed by atoms with Crippen LogP contribution in [0.5, 0.6) is 0 Å². The molecule has 0 radical (unpaired) electrons. The first-order valence-corrected chi connectivity index (χ1v) is 10.8. The summed E-state index contributed by atoms with van der Waals surface area (Å²) in [5, 5.41) is 0. The summed E-state index contributed by atoms with van der Waals surface area (Å²) in [7, 11) is -3.03.